The van der Waals surface area contributed by atoms with Gasteiger partial charge in [-0.15, -0.1) is 0 Å². The molecule has 1 heterocycles. The molecule has 0 aromatic heterocycles. The molecule has 1 unspecified atom stereocenters. The Kier molecular flexibility index (Phi) is 2.50. The van der Waals surface area contributed by atoms with E-state index in [0.717, 1.165) is 19.3 Å². The molecule has 0 aromatic carbocycles. The molecule has 0 spiro atoms. The summed E-state index contributed by atoms with van der Waals surface area (Å²) in [4.78, 5) is 0. The van der Waals surface area contributed by atoms with Gasteiger partial charge in [0.2, 0.25) is 0 Å². The molecule has 1 atom stereocenters. The van der Waals surface area contributed by atoms with Crippen molar-refractivity contribution in [2.75, 3.05) is 5.75 Å². The van der Waals surface area contributed by atoms with Gasteiger partial charge in [-0.05, 0) is 26.7 Å². The fraction of sp³-hybridized carbons (Fsp3) is 1.00. The highest BCUT2D eigenvalue weighted by Gasteiger charge is 2.38. The van der Waals surface area contributed by atoms with Crippen molar-refractivity contribution in [1.29, 1.82) is 0 Å². The first-order valence-corrected chi connectivity index (χ1v) is 6.06. The minimum atomic E-state index is -2.91. The third-order valence-electron chi connectivity index (χ3n) is 2.41. The quantitative estimate of drug-likeness (QED) is 0.663. The van der Waals surface area contributed by atoms with Gasteiger partial charge >= 0.3 is 0 Å². The van der Waals surface area contributed by atoms with Crippen LogP contribution in [0.3, 0.4) is 0 Å². The Morgan fingerprint density at radius 3 is 2.25 bits per heavy atom. The summed E-state index contributed by atoms with van der Waals surface area (Å²) in [6.45, 7) is 3.58. The molecule has 0 aliphatic carbocycles. The molecule has 1 aliphatic rings. The average molecular weight is 191 g/mol. The predicted molar refractivity (Wildman–Crippen MR) is 49.7 cm³/mol. The van der Waals surface area contributed by atoms with Gasteiger partial charge in [0, 0.05) is 5.54 Å². The van der Waals surface area contributed by atoms with Crippen LogP contribution in [0.4, 0.5) is 0 Å². The fourth-order valence-corrected chi connectivity index (χ4v) is 4.13. The van der Waals surface area contributed by atoms with Crippen LogP contribution in [0.25, 0.3) is 0 Å². The molecule has 0 saturated carbocycles. The van der Waals surface area contributed by atoms with Crippen LogP contribution >= 0.6 is 0 Å². The monoisotopic (exact) mass is 191 g/mol. The minimum Gasteiger partial charge on any atom is -0.324 e. The van der Waals surface area contributed by atoms with E-state index in [9.17, 15) is 8.42 Å². The van der Waals surface area contributed by atoms with E-state index in [2.05, 4.69) is 0 Å². The highest BCUT2D eigenvalue weighted by molar-refractivity contribution is 7.92. The Hall–Kier alpha value is -0.0900. The van der Waals surface area contributed by atoms with Crippen LogP contribution in [0.1, 0.15) is 33.1 Å². The van der Waals surface area contributed by atoms with Crippen molar-refractivity contribution in [1.82, 2.24) is 0 Å². The molecular weight excluding hydrogens is 174 g/mol. The maximum atomic E-state index is 11.5. The molecule has 0 aromatic rings. The summed E-state index contributed by atoms with van der Waals surface area (Å²) in [6, 6.07) is 0. The van der Waals surface area contributed by atoms with Crippen molar-refractivity contribution in [2.45, 2.75) is 43.9 Å². The summed E-state index contributed by atoms with van der Waals surface area (Å²) in [7, 11) is -2.91. The molecule has 3 nitrogen and oxygen atoms in total. The molecule has 1 rings (SSSR count). The fourth-order valence-electron chi connectivity index (χ4n) is 1.79. The van der Waals surface area contributed by atoms with Gasteiger partial charge in [-0.3, -0.25) is 0 Å². The molecule has 0 radical (unpaired) electrons. The lowest BCUT2D eigenvalue weighted by Gasteiger charge is -2.32. The van der Waals surface area contributed by atoms with Crippen LogP contribution in [-0.2, 0) is 9.84 Å². The van der Waals surface area contributed by atoms with Crippen LogP contribution < -0.4 is 5.73 Å². The van der Waals surface area contributed by atoms with Gasteiger partial charge in [-0.25, -0.2) is 8.42 Å². The smallest absolute Gasteiger partial charge is 0.154 e. The van der Waals surface area contributed by atoms with E-state index < -0.39 is 15.4 Å². The van der Waals surface area contributed by atoms with E-state index in [4.69, 9.17) is 5.73 Å². The number of rotatable bonds is 1. The lowest BCUT2D eigenvalue weighted by Crippen LogP contribution is -2.51. The van der Waals surface area contributed by atoms with E-state index in [0.29, 0.717) is 5.75 Å². The van der Waals surface area contributed by atoms with E-state index in [1.165, 1.54) is 0 Å². The standard InChI is InChI=1S/C8H17NO2S/c1-8(2,9)7-5-3-4-6-12(7,10)11/h7H,3-6,9H2,1-2H3. The first-order valence-electron chi connectivity index (χ1n) is 4.34. The lowest BCUT2D eigenvalue weighted by atomic mass is 9.97. The van der Waals surface area contributed by atoms with E-state index in [1.54, 1.807) is 13.8 Å². The van der Waals surface area contributed by atoms with Crippen molar-refractivity contribution in [3.8, 4) is 0 Å². The van der Waals surface area contributed by atoms with Gasteiger partial charge in [-0.2, -0.15) is 0 Å². The zero-order valence-electron chi connectivity index (χ0n) is 7.71. The molecule has 1 fully saturated rings. The molecule has 72 valence electrons. The van der Waals surface area contributed by atoms with Gasteiger partial charge in [0.1, 0.15) is 0 Å². The Bertz CT molecular complexity index is 251. The second-order valence-corrected chi connectivity index (χ2v) is 6.48. The molecule has 4 heteroatoms. The summed E-state index contributed by atoms with van der Waals surface area (Å²) >= 11 is 0. The number of sulfone groups is 1. The third kappa shape index (κ3) is 1.98. The Morgan fingerprint density at radius 1 is 1.33 bits per heavy atom. The molecule has 1 saturated heterocycles. The predicted octanol–water partition coefficient (Wildman–Crippen LogP) is 0.691. The number of nitrogens with two attached hydrogens (primary N) is 1. The van der Waals surface area contributed by atoms with Crippen LogP contribution in [-0.4, -0.2) is 25.0 Å². The van der Waals surface area contributed by atoms with Crippen molar-refractivity contribution >= 4 is 9.84 Å². The van der Waals surface area contributed by atoms with Crippen molar-refractivity contribution < 1.29 is 8.42 Å². The van der Waals surface area contributed by atoms with Gasteiger partial charge in [0.15, 0.2) is 9.84 Å². The van der Waals surface area contributed by atoms with Gasteiger partial charge < -0.3 is 5.73 Å². The maximum absolute atomic E-state index is 11.5. The van der Waals surface area contributed by atoms with Crippen LogP contribution in [0.2, 0.25) is 0 Å². The largest absolute Gasteiger partial charge is 0.324 e. The highest BCUT2D eigenvalue weighted by Crippen LogP contribution is 2.26. The van der Waals surface area contributed by atoms with Crippen LogP contribution in [0, 0.1) is 0 Å². The van der Waals surface area contributed by atoms with Gasteiger partial charge in [0.25, 0.3) is 0 Å². The van der Waals surface area contributed by atoms with Crippen molar-refractivity contribution in [3.63, 3.8) is 0 Å². The van der Waals surface area contributed by atoms with Crippen molar-refractivity contribution in [3.05, 3.63) is 0 Å². The summed E-state index contributed by atoms with van der Waals surface area (Å²) < 4.78 is 23.1. The topological polar surface area (TPSA) is 60.2 Å². The normalized spacial score (nSPS) is 30.1. The highest BCUT2D eigenvalue weighted by atomic mass is 32.2. The zero-order chi connectivity index (χ0) is 9.41. The molecule has 12 heavy (non-hydrogen) atoms. The van der Waals surface area contributed by atoms with E-state index >= 15 is 0 Å². The van der Waals surface area contributed by atoms with E-state index in [-0.39, 0.29) is 5.25 Å². The Balaban J connectivity index is 2.89. The molecule has 1 aliphatic heterocycles. The maximum Gasteiger partial charge on any atom is 0.154 e. The Morgan fingerprint density at radius 2 is 1.92 bits per heavy atom. The first-order chi connectivity index (χ1) is 5.34. The molecule has 0 amide bonds. The summed E-state index contributed by atoms with van der Waals surface area (Å²) in [6.07, 6.45) is 2.52. The lowest BCUT2D eigenvalue weighted by molar-refractivity contribution is 0.423. The molecular formula is C8H17NO2S. The minimum absolute atomic E-state index is 0.318. The molecule has 0 bridgehead atoms. The zero-order valence-corrected chi connectivity index (χ0v) is 8.52. The second kappa shape index (κ2) is 3.00. The number of hydrogen-bond acceptors (Lipinski definition) is 3. The van der Waals surface area contributed by atoms with Crippen molar-refractivity contribution in [2.24, 2.45) is 5.73 Å². The molecule has 2 N–H and O–H groups in total. The van der Waals surface area contributed by atoms with Gasteiger partial charge in [-0.1, -0.05) is 6.42 Å². The summed E-state index contributed by atoms with van der Waals surface area (Å²) in [5, 5.41) is -0.334. The third-order valence-corrected chi connectivity index (χ3v) is 4.98. The van der Waals surface area contributed by atoms with Crippen LogP contribution in [0.5, 0.6) is 0 Å². The van der Waals surface area contributed by atoms with Crippen LogP contribution in [0.15, 0.2) is 0 Å². The Labute approximate surface area is 74.3 Å². The van der Waals surface area contributed by atoms with Gasteiger partial charge in [0.05, 0.1) is 11.0 Å². The van der Waals surface area contributed by atoms with E-state index in [1.807, 2.05) is 0 Å². The SMILES string of the molecule is CC(C)(N)C1CCCCS1(=O)=O. The number of hydrogen-bond donors (Lipinski definition) is 1. The second-order valence-electron chi connectivity index (χ2n) is 4.17. The first kappa shape index (κ1) is 9.99. The summed E-state index contributed by atoms with van der Waals surface area (Å²) in [5.41, 5.74) is 5.22. The average Bonchev–Trinajstić information content (AvgIpc) is 1.83. The summed E-state index contributed by atoms with van der Waals surface area (Å²) in [5.74, 6) is 0.318.